The smallest absolute Gasteiger partial charge is 0.00475 e. The van der Waals surface area contributed by atoms with Crippen LogP contribution in [-0.4, -0.2) is 15.9 Å². The summed E-state index contributed by atoms with van der Waals surface area (Å²) < 4.78 is 38.9. The van der Waals surface area contributed by atoms with Gasteiger partial charge in [-0.2, -0.15) is 0 Å². The summed E-state index contributed by atoms with van der Waals surface area (Å²) >= 11 is 0. The Morgan fingerprint density at radius 3 is 1.83 bits per heavy atom. The van der Waals surface area contributed by atoms with Crippen LogP contribution in [0.25, 0.3) is 0 Å². The Kier molecular flexibility index (Phi) is 1.41. The van der Waals surface area contributed by atoms with Crippen molar-refractivity contribution in [1.29, 1.82) is 1.34 Å². The zero-order chi connectivity index (χ0) is 6.08. The third-order valence-corrected chi connectivity index (χ3v) is 0.507. The Labute approximate surface area is 37.8 Å². The molecule has 0 nitrogen and oxygen atoms in total. The van der Waals surface area contributed by atoms with Crippen LogP contribution >= 0.6 is 8.07 Å². The molecule has 0 N–H and O–H groups in total. The van der Waals surface area contributed by atoms with E-state index in [0.717, 1.165) is 0 Å². The summed E-state index contributed by atoms with van der Waals surface area (Å²) in [5.41, 5.74) is 0. The van der Waals surface area contributed by atoms with Crippen LogP contribution in [0, 0.1) is 0 Å². The molecule has 0 aliphatic heterocycles. The van der Waals surface area contributed by atoms with Gasteiger partial charge in [-0.1, -0.05) is 0 Å². The summed E-state index contributed by atoms with van der Waals surface area (Å²) in [4.78, 5) is 0. The lowest BCUT2D eigenvalue weighted by atomic mass is 9.79. The van der Waals surface area contributed by atoms with Gasteiger partial charge < -0.3 is 0 Å². The largest absolute Gasteiger partial charge is 0.493 e. The Bertz CT molecular complexity index is 58.4. The van der Waals surface area contributed by atoms with Crippen LogP contribution in [0.15, 0.2) is 0 Å². The molecule has 6 heavy (non-hydrogen) atoms. The molecule has 0 fully saturated rings. The van der Waals surface area contributed by atoms with E-state index in [4.69, 9.17) is 1.34 Å². The van der Waals surface area contributed by atoms with Crippen molar-refractivity contribution in [3.8, 4) is 0 Å². The van der Waals surface area contributed by atoms with Crippen molar-refractivity contribution in [2.24, 2.45) is 0 Å². The van der Waals surface area contributed by atoms with Gasteiger partial charge in [-0.25, -0.2) is 0 Å². The maximum Gasteiger partial charge on any atom is 0.493 e. The molecule has 32 valence electrons. The fraction of sp³-hybridized carbons (Fsp3) is 0. The van der Waals surface area contributed by atoms with Crippen molar-refractivity contribution in [2.75, 3.05) is 0 Å². The highest BCUT2D eigenvalue weighted by Crippen LogP contribution is 2.61. The van der Waals surface area contributed by atoms with Gasteiger partial charge in [0.15, 0.2) is 0 Å². The minimum absolute atomic E-state index is 2.34. The van der Waals surface area contributed by atoms with Gasteiger partial charge in [0.25, 0.3) is 0 Å². The first-order chi connectivity index (χ1) is 2.94. The highest BCUT2D eigenvalue weighted by atomic mass is 31.3. The monoisotopic (exact) mass is 113 g/mol. The van der Waals surface area contributed by atoms with Crippen molar-refractivity contribution < 1.29 is 12.6 Å². The summed E-state index contributed by atoms with van der Waals surface area (Å²) in [5, 5.41) is 0. The van der Waals surface area contributed by atoms with Crippen LogP contribution in [-0.2, 0) is 0 Å². The van der Waals surface area contributed by atoms with Gasteiger partial charge in [0.2, 0.25) is 0 Å². The number of hydrogen-bond acceptors (Lipinski definition) is 0. The van der Waals surface area contributed by atoms with E-state index in [2.05, 4.69) is 7.74 Å². The van der Waals surface area contributed by atoms with E-state index in [1.54, 1.807) is 0 Å². The second kappa shape index (κ2) is 1.87. The van der Waals surface area contributed by atoms with Crippen LogP contribution in [0.1, 0.15) is 0 Å². The first-order valence-corrected chi connectivity index (χ1v) is 2.63. The molecule has 0 heterocycles. The molecule has 0 rings (SSSR count). The van der Waals surface area contributed by atoms with Crippen LogP contribution in [0.2, 0.25) is 0 Å². The maximum atomic E-state index is 11.0. The summed E-state index contributed by atoms with van der Waals surface area (Å²) in [5.74, 6) is 0. The molecule has 0 aromatic rings. The zero-order valence-electron chi connectivity index (χ0n) is 3.74. The number of rotatable bonds is 1. The highest BCUT2D eigenvalue weighted by molar-refractivity contribution is 7.94. The SMILES string of the molecule is [3H]B([B])[P+](F)(F)F. The molecule has 0 amide bonds. The molecule has 0 aliphatic carbocycles. The molecule has 0 spiro atoms. The van der Waals surface area contributed by atoms with E-state index in [9.17, 15) is 12.6 Å². The van der Waals surface area contributed by atoms with Gasteiger partial charge in [0, 0.05) is 1.34 Å². The Morgan fingerprint density at radius 2 is 1.83 bits per heavy atom. The molecule has 0 saturated carbocycles. The first-order valence-electron chi connectivity index (χ1n) is 1.68. The second-order valence-electron chi connectivity index (χ2n) is 0.634. The van der Waals surface area contributed by atoms with Crippen molar-refractivity contribution in [3.63, 3.8) is 0 Å². The molecular formula is HB2F3P+. The fourth-order valence-corrected chi connectivity index (χ4v) is 0. The maximum absolute atomic E-state index is 11.0. The lowest BCUT2D eigenvalue weighted by Crippen LogP contribution is -1.82. The average molecular weight is 113 g/mol. The second-order valence-corrected chi connectivity index (χ2v) is 1.90. The van der Waals surface area contributed by atoms with E-state index >= 15 is 0 Å². The van der Waals surface area contributed by atoms with Gasteiger partial charge in [0.1, 0.15) is 0 Å². The summed E-state index contributed by atoms with van der Waals surface area (Å²) in [6.45, 7) is -2.34. The highest BCUT2D eigenvalue weighted by Gasteiger charge is 2.39. The quantitative estimate of drug-likeness (QED) is 0.352. The summed E-state index contributed by atoms with van der Waals surface area (Å²) in [6.07, 6.45) is 0. The number of halogens is 3. The van der Waals surface area contributed by atoms with Crippen molar-refractivity contribution >= 4 is 22.7 Å². The normalized spacial score (nSPS) is 13.5. The Balaban J connectivity index is 3.54. The molecule has 6 heteroatoms. The standard InChI is InChI=1S/B2F3HP/c1-2-6(3,4)5/h2H/q+1/i2T. The molecule has 0 aromatic carbocycles. The number of hydrogen-bond donors (Lipinski definition) is 0. The minimum atomic E-state index is -5.54. The Hall–Kier alpha value is 0.350. The summed E-state index contributed by atoms with van der Waals surface area (Å²) in [7, 11) is -1.38. The molecule has 2 radical (unpaired) electrons. The molecule has 0 aromatic heterocycles. The average Bonchev–Trinajstić information content (AvgIpc) is 1.31. The Morgan fingerprint density at radius 1 is 1.67 bits per heavy atom. The summed E-state index contributed by atoms with van der Waals surface area (Å²) in [6, 6.07) is 0. The third-order valence-electron chi connectivity index (χ3n) is 0.169. The molecule has 0 aliphatic rings. The molecule has 0 atom stereocenters. The van der Waals surface area contributed by atoms with Gasteiger partial charge in [0.05, 0.1) is 7.74 Å². The van der Waals surface area contributed by atoms with Crippen LogP contribution in [0.4, 0.5) is 12.6 Å². The van der Waals surface area contributed by atoms with Crippen LogP contribution < -0.4 is 0 Å². The molecule has 0 saturated heterocycles. The van der Waals surface area contributed by atoms with Crippen molar-refractivity contribution in [3.05, 3.63) is 0 Å². The predicted octanol–water partition coefficient (Wildman–Crippen LogP) is 1.09. The fourth-order valence-electron chi connectivity index (χ4n) is 0. The van der Waals surface area contributed by atoms with Gasteiger partial charge in [-0.05, 0) is 12.6 Å². The van der Waals surface area contributed by atoms with E-state index in [0.29, 0.717) is 0 Å². The van der Waals surface area contributed by atoms with E-state index in [1.807, 2.05) is 0 Å². The van der Waals surface area contributed by atoms with Crippen molar-refractivity contribution in [2.45, 2.75) is 0 Å². The van der Waals surface area contributed by atoms with Crippen molar-refractivity contribution in [1.82, 2.24) is 0 Å². The zero-order valence-corrected chi connectivity index (χ0v) is 3.63. The molecular weight excluding hydrogens is 110 g/mol. The van der Waals surface area contributed by atoms with Gasteiger partial charge in [-0.15, -0.1) is 0 Å². The minimum Gasteiger partial charge on any atom is -0.00475 e. The van der Waals surface area contributed by atoms with E-state index < -0.39 is 14.9 Å². The van der Waals surface area contributed by atoms with Gasteiger partial charge in [-0.3, -0.25) is 0 Å². The molecule has 0 unspecified atom stereocenters. The third kappa shape index (κ3) is 4.35. The van der Waals surface area contributed by atoms with Crippen LogP contribution in [0.5, 0.6) is 0 Å². The topological polar surface area (TPSA) is 0 Å². The lowest BCUT2D eigenvalue weighted by Gasteiger charge is -1.79. The lowest BCUT2D eigenvalue weighted by molar-refractivity contribution is 0.618. The first kappa shape index (κ1) is 4.51. The van der Waals surface area contributed by atoms with Gasteiger partial charge >= 0.3 is 14.9 Å². The van der Waals surface area contributed by atoms with E-state index in [-0.39, 0.29) is 0 Å². The molecule has 0 bridgehead atoms. The van der Waals surface area contributed by atoms with Crippen LogP contribution in [0.3, 0.4) is 0 Å². The van der Waals surface area contributed by atoms with E-state index in [1.165, 1.54) is 0 Å². The predicted molar refractivity (Wildman–Crippen MR) is 23.1 cm³/mol.